The lowest BCUT2D eigenvalue weighted by molar-refractivity contribution is -0.342. The van der Waals surface area contributed by atoms with Crippen LogP contribution in [0.3, 0.4) is 0 Å². The second-order valence-electron chi connectivity index (χ2n) is 6.63. The van der Waals surface area contributed by atoms with E-state index in [1.165, 1.54) is 21.0 Å². The number of ether oxygens (including phenoxy) is 4. The molecule has 0 aromatic heterocycles. The fourth-order valence-electron chi connectivity index (χ4n) is 3.17. The molecule has 5 N–H and O–H groups in total. The standard InChI is InChI=1S/C14H24O13S/c1-4-6(15)7(16)14(25-9(4)12(18)19)26-10-5(2)24-13(23-3)8(17)11(10)27-28(20,21)22/h4-11,13-17H,1-3H3,(H,18,19)(H,20,21,22)/t4-,5?,6+,7-,8-,9?,10-,11-,13?,14-/m0/s1. The summed E-state index contributed by atoms with van der Waals surface area (Å²) >= 11 is 0. The van der Waals surface area contributed by atoms with Crippen LogP contribution in [0.1, 0.15) is 13.8 Å². The van der Waals surface area contributed by atoms with Crippen LogP contribution in [-0.4, -0.2) is 102 Å². The fraction of sp³-hybridized carbons (Fsp3) is 0.929. The fourth-order valence-corrected chi connectivity index (χ4v) is 3.68. The Morgan fingerprint density at radius 2 is 1.57 bits per heavy atom. The largest absolute Gasteiger partial charge is 0.479 e. The van der Waals surface area contributed by atoms with Gasteiger partial charge in [0.25, 0.3) is 0 Å². The summed E-state index contributed by atoms with van der Waals surface area (Å²) in [5.41, 5.74) is 0. The number of methoxy groups -OCH3 is 1. The number of aliphatic hydroxyl groups is 3. The Bertz CT molecular complexity index is 654. The van der Waals surface area contributed by atoms with E-state index >= 15 is 0 Å². The molecular formula is C14H24O13S. The zero-order valence-electron chi connectivity index (χ0n) is 15.2. The molecule has 3 unspecified atom stereocenters. The van der Waals surface area contributed by atoms with Gasteiger partial charge in [0.2, 0.25) is 0 Å². The molecule has 0 saturated carbocycles. The summed E-state index contributed by atoms with van der Waals surface area (Å²) in [6.45, 7) is 2.75. The average Bonchev–Trinajstić information content (AvgIpc) is 2.59. The third-order valence-electron chi connectivity index (χ3n) is 4.68. The Morgan fingerprint density at radius 1 is 0.964 bits per heavy atom. The van der Waals surface area contributed by atoms with Crippen molar-refractivity contribution in [1.29, 1.82) is 0 Å². The van der Waals surface area contributed by atoms with Crippen molar-refractivity contribution in [3.8, 4) is 0 Å². The summed E-state index contributed by atoms with van der Waals surface area (Å²) in [5, 5.41) is 39.7. The third kappa shape index (κ3) is 4.96. The van der Waals surface area contributed by atoms with Crippen molar-refractivity contribution < 1.29 is 61.3 Å². The van der Waals surface area contributed by atoms with E-state index in [9.17, 15) is 33.6 Å². The van der Waals surface area contributed by atoms with E-state index in [2.05, 4.69) is 4.18 Å². The van der Waals surface area contributed by atoms with Crippen LogP contribution >= 0.6 is 0 Å². The van der Waals surface area contributed by atoms with Crippen LogP contribution in [0, 0.1) is 5.92 Å². The van der Waals surface area contributed by atoms with Crippen molar-refractivity contribution in [1.82, 2.24) is 0 Å². The van der Waals surface area contributed by atoms with E-state index in [4.69, 9.17) is 23.5 Å². The highest BCUT2D eigenvalue weighted by molar-refractivity contribution is 7.80. The maximum atomic E-state index is 11.3. The second-order valence-corrected chi connectivity index (χ2v) is 7.68. The number of carboxylic acid groups (broad SMARTS) is 1. The molecule has 2 fully saturated rings. The molecule has 0 radical (unpaired) electrons. The molecule has 14 heteroatoms. The first-order chi connectivity index (χ1) is 12.9. The zero-order chi connectivity index (χ0) is 21.4. The summed E-state index contributed by atoms with van der Waals surface area (Å²) in [6, 6.07) is 0. The van der Waals surface area contributed by atoms with Gasteiger partial charge in [0.05, 0.1) is 12.2 Å². The normalized spacial score (nSPS) is 45.0. The van der Waals surface area contributed by atoms with Gasteiger partial charge in [0.15, 0.2) is 18.7 Å². The summed E-state index contributed by atoms with van der Waals surface area (Å²) in [7, 11) is -3.86. The van der Waals surface area contributed by atoms with Gasteiger partial charge >= 0.3 is 16.4 Å². The Labute approximate surface area is 160 Å². The molecule has 2 aliphatic rings. The number of aliphatic carboxylic acids is 1. The van der Waals surface area contributed by atoms with Gasteiger partial charge in [-0.1, -0.05) is 6.92 Å². The van der Waals surface area contributed by atoms with Gasteiger partial charge in [0, 0.05) is 13.0 Å². The van der Waals surface area contributed by atoms with Gasteiger partial charge in [-0.2, -0.15) is 8.42 Å². The molecule has 0 amide bonds. The lowest BCUT2D eigenvalue weighted by Gasteiger charge is -2.45. The molecule has 2 saturated heterocycles. The van der Waals surface area contributed by atoms with Gasteiger partial charge in [-0.05, 0) is 6.92 Å². The van der Waals surface area contributed by atoms with Crippen LogP contribution in [0.15, 0.2) is 0 Å². The van der Waals surface area contributed by atoms with Crippen LogP contribution in [0.25, 0.3) is 0 Å². The Morgan fingerprint density at radius 3 is 2.07 bits per heavy atom. The molecule has 10 atom stereocenters. The highest BCUT2D eigenvalue weighted by Crippen LogP contribution is 2.32. The van der Waals surface area contributed by atoms with Gasteiger partial charge in [-0.3, -0.25) is 4.55 Å². The summed E-state index contributed by atoms with van der Waals surface area (Å²) in [5.74, 6) is -2.38. The molecule has 0 aromatic rings. The predicted molar refractivity (Wildman–Crippen MR) is 86.1 cm³/mol. The van der Waals surface area contributed by atoms with Crippen LogP contribution in [0.5, 0.6) is 0 Å². The number of carbonyl (C=O) groups is 1. The minimum atomic E-state index is -5.04. The maximum absolute atomic E-state index is 11.3. The van der Waals surface area contributed by atoms with E-state index in [1.54, 1.807) is 0 Å². The monoisotopic (exact) mass is 432 g/mol. The van der Waals surface area contributed by atoms with Gasteiger partial charge in [-0.15, -0.1) is 0 Å². The van der Waals surface area contributed by atoms with Crippen molar-refractivity contribution in [3.05, 3.63) is 0 Å². The molecule has 0 aromatic carbocycles. The molecule has 2 rings (SSSR count). The van der Waals surface area contributed by atoms with Gasteiger partial charge in [0.1, 0.15) is 24.4 Å². The van der Waals surface area contributed by atoms with Crippen LogP contribution in [-0.2, 0) is 38.3 Å². The summed E-state index contributed by atoms with van der Waals surface area (Å²) in [4.78, 5) is 11.3. The molecule has 0 spiro atoms. The van der Waals surface area contributed by atoms with Crippen molar-refractivity contribution in [3.63, 3.8) is 0 Å². The third-order valence-corrected chi connectivity index (χ3v) is 5.14. The van der Waals surface area contributed by atoms with E-state index in [-0.39, 0.29) is 0 Å². The average molecular weight is 432 g/mol. The van der Waals surface area contributed by atoms with Gasteiger partial charge in [-0.25, -0.2) is 8.98 Å². The molecule has 13 nitrogen and oxygen atoms in total. The molecule has 28 heavy (non-hydrogen) atoms. The van der Waals surface area contributed by atoms with E-state index < -0.39 is 77.6 Å². The lowest BCUT2D eigenvalue weighted by atomic mass is 9.90. The molecule has 2 heterocycles. The number of carboxylic acids is 1. The Kier molecular flexibility index (Phi) is 7.36. The van der Waals surface area contributed by atoms with E-state index in [0.29, 0.717) is 0 Å². The Hall–Kier alpha value is -0.940. The Balaban J connectivity index is 2.27. The summed E-state index contributed by atoms with van der Waals surface area (Å²) in [6.07, 6.45) is -13.8. The highest BCUT2D eigenvalue weighted by atomic mass is 32.3. The topological polar surface area (TPSA) is 199 Å². The number of aliphatic hydroxyl groups excluding tert-OH is 3. The summed E-state index contributed by atoms with van der Waals surface area (Å²) < 4.78 is 56.7. The van der Waals surface area contributed by atoms with Crippen molar-refractivity contribution in [2.75, 3.05) is 7.11 Å². The number of hydrogen-bond acceptors (Lipinski definition) is 11. The smallest absolute Gasteiger partial charge is 0.397 e. The maximum Gasteiger partial charge on any atom is 0.397 e. The van der Waals surface area contributed by atoms with Gasteiger partial charge < -0.3 is 39.4 Å². The number of hydrogen-bond donors (Lipinski definition) is 5. The van der Waals surface area contributed by atoms with Crippen molar-refractivity contribution in [2.45, 2.75) is 69.2 Å². The second kappa shape index (κ2) is 8.83. The van der Waals surface area contributed by atoms with Crippen LogP contribution in [0.2, 0.25) is 0 Å². The zero-order valence-corrected chi connectivity index (χ0v) is 16.0. The minimum absolute atomic E-state index is 0.972. The van der Waals surface area contributed by atoms with Crippen LogP contribution in [0.4, 0.5) is 0 Å². The molecule has 0 aliphatic carbocycles. The first kappa shape index (κ1) is 23.3. The molecule has 164 valence electrons. The lowest BCUT2D eigenvalue weighted by Crippen LogP contribution is -2.63. The van der Waals surface area contributed by atoms with Crippen molar-refractivity contribution >= 4 is 16.4 Å². The van der Waals surface area contributed by atoms with Crippen molar-refractivity contribution in [2.24, 2.45) is 5.92 Å². The number of rotatable bonds is 6. The van der Waals surface area contributed by atoms with E-state index in [1.807, 2.05) is 0 Å². The highest BCUT2D eigenvalue weighted by Gasteiger charge is 2.52. The molecule has 0 bridgehead atoms. The van der Waals surface area contributed by atoms with E-state index in [0.717, 1.165) is 0 Å². The first-order valence-electron chi connectivity index (χ1n) is 8.29. The minimum Gasteiger partial charge on any atom is -0.479 e. The predicted octanol–water partition coefficient (Wildman–Crippen LogP) is -2.52. The SMILES string of the molecule is COC1OC(C)[C@H](O[C@@H]2OC(C(=O)O)[C@@H](C)[C@@H](O)[C@@H]2O)[C@@H](OS(=O)(=O)O)[C@@H]1O. The quantitative estimate of drug-likeness (QED) is 0.276. The molecule has 2 aliphatic heterocycles. The molecular weight excluding hydrogens is 408 g/mol. The first-order valence-corrected chi connectivity index (χ1v) is 9.65. The van der Waals surface area contributed by atoms with Crippen LogP contribution < -0.4 is 0 Å².